The molecule has 1 aromatic carbocycles. The minimum atomic E-state index is -0.0833. The first kappa shape index (κ1) is 15.5. The Labute approximate surface area is 136 Å². The Hall–Kier alpha value is -2.43. The van der Waals surface area contributed by atoms with Crippen LogP contribution >= 0.6 is 0 Å². The van der Waals surface area contributed by atoms with Gasteiger partial charge in [-0.05, 0) is 24.5 Å². The number of aromatic nitrogens is 2. The average molecular weight is 310 g/mol. The van der Waals surface area contributed by atoms with Crippen LogP contribution in [0, 0.1) is 0 Å². The van der Waals surface area contributed by atoms with E-state index in [1.165, 1.54) is 18.4 Å². The molecule has 0 spiro atoms. The molecule has 2 heterocycles. The second-order valence-electron chi connectivity index (χ2n) is 5.76. The van der Waals surface area contributed by atoms with Crippen molar-refractivity contribution in [3.05, 3.63) is 47.9 Å². The number of nitrogens with one attached hydrogen (secondary N) is 1. The van der Waals surface area contributed by atoms with Crippen molar-refractivity contribution in [1.29, 1.82) is 0 Å². The Morgan fingerprint density at radius 2 is 2.09 bits per heavy atom. The maximum absolute atomic E-state index is 12.6. The fraction of sp³-hybridized carbons (Fsp3) is 0.389. The number of carbonyl (C=O) groups excluding carboxylic acids is 1. The maximum atomic E-state index is 12.6. The number of carbonyl (C=O) groups is 1. The van der Waals surface area contributed by atoms with Crippen molar-refractivity contribution in [3.63, 3.8) is 0 Å². The molecule has 2 aromatic rings. The van der Waals surface area contributed by atoms with Crippen molar-refractivity contribution in [1.82, 2.24) is 9.97 Å². The van der Waals surface area contributed by atoms with Crippen LogP contribution < -0.4 is 10.2 Å². The Kier molecular flexibility index (Phi) is 4.86. The normalized spacial score (nSPS) is 13.0. The molecular weight excluding hydrogens is 288 g/mol. The zero-order valence-corrected chi connectivity index (χ0v) is 13.5. The van der Waals surface area contributed by atoms with Crippen molar-refractivity contribution in [2.75, 3.05) is 23.3 Å². The number of unbranched alkanes of at least 4 members (excludes halogenated alkanes) is 2. The lowest BCUT2D eigenvalue weighted by molar-refractivity contribution is 0.0984. The van der Waals surface area contributed by atoms with Gasteiger partial charge in [-0.2, -0.15) is 0 Å². The lowest BCUT2D eigenvalue weighted by Gasteiger charge is -2.16. The van der Waals surface area contributed by atoms with Crippen molar-refractivity contribution in [3.8, 4) is 0 Å². The van der Waals surface area contributed by atoms with E-state index in [0.29, 0.717) is 12.2 Å². The van der Waals surface area contributed by atoms with E-state index in [0.717, 1.165) is 30.9 Å². The van der Waals surface area contributed by atoms with Crippen LogP contribution in [0.2, 0.25) is 0 Å². The molecule has 0 fully saturated rings. The summed E-state index contributed by atoms with van der Waals surface area (Å²) in [5, 5.41) is 3.23. The van der Waals surface area contributed by atoms with E-state index in [1.807, 2.05) is 18.2 Å². The van der Waals surface area contributed by atoms with E-state index in [-0.39, 0.29) is 5.91 Å². The molecular formula is C18H22N4O. The molecule has 120 valence electrons. The van der Waals surface area contributed by atoms with Crippen LogP contribution in [0.3, 0.4) is 0 Å². The smallest absolute Gasteiger partial charge is 0.278 e. The van der Waals surface area contributed by atoms with Gasteiger partial charge >= 0.3 is 0 Å². The van der Waals surface area contributed by atoms with Crippen LogP contribution in [0.4, 0.5) is 11.5 Å². The molecule has 0 atom stereocenters. The van der Waals surface area contributed by atoms with Gasteiger partial charge in [0.2, 0.25) is 0 Å². The first-order valence-electron chi connectivity index (χ1n) is 8.25. The largest absolute Gasteiger partial charge is 0.369 e. The highest BCUT2D eigenvalue weighted by atomic mass is 16.2. The van der Waals surface area contributed by atoms with Crippen LogP contribution in [0.15, 0.2) is 36.7 Å². The molecule has 3 rings (SSSR count). The van der Waals surface area contributed by atoms with Gasteiger partial charge in [-0.15, -0.1) is 0 Å². The summed E-state index contributed by atoms with van der Waals surface area (Å²) in [5.74, 6) is 0.638. The third-order valence-corrected chi connectivity index (χ3v) is 4.09. The van der Waals surface area contributed by atoms with E-state index in [2.05, 4.69) is 28.3 Å². The molecule has 0 radical (unpaired) electrons. The quantitative estimate of drug-likeness (QED) is 0.832. The molecule has 5 heteroatoms. The summed E-state index contributed by atoms with van der Waals surface area (Å²) in [5.41, 5.74) is 2.59. The molecule has 1 N–H and O–H groups in total. The van der Waals surface area contributed by atoms with Crippen LogP contribution in [0.5, 0.6) is 0 Å². The number of hydrogen-bond donors (Lipinski definition) is 1. The van der Waals surface area contributed by atoms with E-state index in [4.69, 9.17) is 0 Å². The number of hydrogen-bond acceptors (Lipinski definition) is 4. The zero-order valence-electron chi connectivity index (χ0n) is 13.5. The Morgan fingerprint density at radius 1 is 1.22 bits per heavy atom. The summed E-state index contributed by atoms with van der Waals surface area (Å²) in [6, 6.07) is 8.01. The highest BCUT2D eigenvalue weighted by Gasteiger charge is 2.25. The Morgan fingerprint density at radius 3 is 2.87 bits per heavy atom. The number of benzene rings is 1. The molecule has 5 nitrogen and oxygen atoms in total. The topological polar surface area (TPSA) is 58.1 Å². The molecule has 1 amide bonds. The van der Waals surface area contributed by atoms with Crippen LogP contribution in [0.1, 0.15) is 42.2 Å². The molecule has 1 aromatic heterocycles. The van der Waals surface area contributed by atoms with Gasteiger partial charge in [0, 0.05) is 18.8 Å². The molecule has 23 heavy (non-hydrogen) atoms. The molecule has 0 unspecified atom stereocenters. The lowest BCUT2D eigenvalue weighted by Crippen LogP contribution is -2.29. The monoisotopic (exact) mass is 310 g/mol. The second-order valence-corrected chi connectivity index (χ2v) is 5.76. The summed E-state index contributed by atoms with van der Waals surface area (Å²) >= 11 is 0. The predicted molar refractivity (Wildman–Crippen MR) is 91.9 cm³/mol. The van der Waals surface area contributed by atoms with Gasteiger partial charge in [0.15, 0.2) is 0 Å². The molecule has 0 saturated heterocycles. The zero-order chi connectivity index (χ0) is 16.1. The van der Waals surface area contributed by atoms with Gasteiger partial charge in [0.05, 0.1) is 12.4 Å². The van der Waals surface area contributed by atoms with E-state index in [9.17, 15) is 4.79 Å². The fourth-order valence-electron chi connectivity index (χ4n) is 2.81. The number of amides is 1. The number of anilines is 2. The Balaban J connectivity index is 1.65. The van der Waals surface area contributed by atoms with E-state index in [1.54, 1.807) is 17.3 Å². The summed E-state index contributed by atoms with van der Waals surface area (Å²) in [7, 11) is 0. The highest BCUT2D eigenvalue weighted by Crippen LogP contribution is 2.28. The second kappa shape index (κ2) is 7.22. The van der Waals surface area contributed by atoms with Gasteiger partial charge in [-0.25, -0.2) is 9.97 Å². The minimum absolute atomic E-state index is 0.0833. The minimum Gasteiger partial charge on any atom is -0.369 e. The summed E-state index contributed by atoms with van der Waals surface area (Å²) < 4.78 is 0. The molecule has 1 aliphatic heterocycles. The SMILES string of the molecule is CCCCCNc1cnc(C(=O)N2CCc3ccccc32)cn1. The molecule has 0 bridgehead atoms. The van der Waals surface area contributed by atoms with Gasteiger partial charge in [0.1, 0.15) is 11.5 Å². The standard InChI is InChI=1S/C18H22N4O/c1-2-3-6-10-19-17-13-20-15(12-21-17)18(23)22-11-9-14-7-4-5-8-16(14)22/h4-5,7-8,12-13H,2-3,6,9-11H2,1H3,(H,19,21). The number of nitrogens with zero attached hydrogens (tertiary/aromatic N) is 3. The number of rotatable bonds is 6. The first-order chi connectivity index (χ1) is 11.3. The molecule has 1 aliphatic rings. The third kappa shape index (κ3) is 3.50. The number of para-hydroxylation sites is 1. The lowest BCUT2D eigenvalue weighted by atomic mass is 10.2. The fourth-order valence-corrected chi connectivity index (χ4v) is 2.81. The van der Waals surface area contributed by atoms with Gasteiger partial charge in [0.25, 0.3) is 5.91 Å². The van der Waals surface area contributed by atoms with Crippen molar-refractivity contribution >= 4 is 17.4 Å². The summed E-state index contributed by atoms with van der Waals surface area (Å²) in [4.78, 5) is 23.0. The average Bonchev–Trinajstić information content (AvgIpc) is 3.03. The van der Waals surface area contributed by atoms with Crippen molar-refractivity contribution < 1.29 is 4.79 Å². The molecule has 0 saturated carbocycles. The van der Waals surface area contributed by atoms with Crippen LogP contribution in [-0.2, 0) is 6.42 Å². The van der Waals surface area contributed by atoms with E-state index >= 15 is 0 Å². The third-order valence-electron chi connectivity index (χ3n) is 4.09. The highest BCUT2D eigenvalue weighted by molar-refractivity contribution is 6.05. The summed E-state index contributed by atoms with van der Waals surface area (Å²) in [6.45, 7) is 3.77. The summed E-state index contributed by atoms with van der Waals surface area (Å²) in [6.07, 6.45) is 7.60. The van der Waals surface area contributed by atoms with Gasteiger partial charge < -0.3 is 10.2 Å². The van der Waals surface area contributed by atoms with Crippen LogP contribution in [0.25, 0.3) is 0 Å². The van der Waals surface area contributed by atoms with Crippen LogP contribution in [-0.4, -0.2) is 29.0 Å². The maximum Gasteiger partial charge on any atom is 0.278 e. The predicted octanol–water partition coefficient (Wildman–Crippen LogP) is 3.28. The van der Waals surface area contributed by atoms with Gasteiger partial charge in [-0.1, -0.05) is 38.0 Å². The van der Waals surface area contributed by atoms with E-state index < -0.39 is 0 Å². The first-order valence-corrected chi connectivity index (χ1v) is 8.25. The van der Waals surface area contributed by atoms with Crippen molar-refractivity contribution in [2.45, 2.75) is 32.6 Å². The molecule has 0 aliphatic carbocycles. The van der Waals surface area contributed by atoms with Gasteiger partial charge in [-0.3, -0.25) is 4.79 Å². The number of fused-ring (bicyclic) bond motifs is 1. The van der Waals surface area contributed by atoms with Crippen molar-refractivity contribution in [2.24, 2.45) is 0 Å². The Bertz CT molecular complexity index is 669.